The monoisotopic (exact) mass is 509 g/mol. The van der Waals surface area contributed by atoms with Gasteiger partial charge in [0.15, 0.2) is 18.1 Å². The number of hydrogen-bond donors (Lipinski definition) is 0. The van der Waals surface area contributed by atoms with Crippen LogP contribution in [0.4, 0.5) is 5.69 Å². The van der Waals surface area contributed by atoms with Crippen molar-refractivity contribution in [1.29, 1.82) is 0 Å². The van der Waals surface area contributed by atoms with E-state index < -0.39 is 29.4 Å². The lowest BCUT2D eigenvalue weighted by atomic mass is 10.0. The van der Waals surface area contributed by atoms with Gasteiger partial charge in [0.1, 0.15) is 0 Å². The Morgan fingerprint density at radius 3 is 2.56 bits per heavy atom. The topological polar surface area (TPSA) is 121 Å². The van der Waals surface area contributed by atoms with E-state index in [1.54, 1.807) is 19.2 Å². The highest BCUT2D eigenvalue weighted by molar-refractivity contribution is 7.12. The number of ether oxygens (including phenoxy) is 3. The van der Waals surface area contributed by atoms with Crippen LogP contribution in [0.1, 0.15) is 38.8 Å². The first-order chi connectivity index (χ1) is 17.3. The van der Waals surface area contributed by atoms with Crippen molar-refractivity contribution in [3.05, 3.63) is 85.6 Å². The number of hydrazone groups is 1. The number of methoxy groups -OCH3 is 2. The summed E-state index contributed by atoms with van der Waals surface area (Å²) in [5, 5.41) is 18.8. The SMILES string of the molecule is COc1ccc([C@@H]2CC(c3cccs3)=NN2C(=O)COC(=O)c2ccc([N+](=O)[O-])c(C)c2)cc1OC. The molecule has 186 valence electrons. The average molecular weight is 510 g/mol. The predicted octanol–water partition coefficient (Wildman–Crippen LogP) is 4.52. The molecule has 2 aromatic carbocycles. The Balaban J connectivity index is 1.54. The third-order valence-corrected chi connectivity index (χ3v) is 6.64. The standard InChI is InChI=1S/C25H23N3O7S/c1-15-11-17(6-8-19(15)28(31)32)25(30)35-14-24(29)27-20(13-18(26-27)23-5-4-10-36-23)16-7-9-21(33-2)22(12-16)34-3/h4-12,20H,13-14H2,1-3H3/t20-/m0/s1. The largest absolute Gasteiger partial charge is 0.493 e. The summed E-state index contributed by atoms with van der Waals surface area (Å²) in [6, 6.07) is 12.7. The van der Waals surface area contributed by atoms with Gasteiger partial charge in [-0.2, -0.15) is 5.10 Å². The summed E-state index contributed by atoms with van der Waals surface area (Å²) in [5.41, 5.74) is 1.86. The van der Waals surface area contributed by atoms with Gasteiger partial charge in [-0.25, -0.2) is 9.80 Å². The number of nitro groups is 1. The van der Waals surface area contributed by atoms with Crippen molar-refractivity contribution in [2.75, 3.05) is 20.8 Å². The zero-order valence-corrected chi connectivity index (χ0v) is 20.6. The Kier molecular flexibility index (Phi) is 7.30. The summed E-state index contributed by atoms with van der Waals surface area (Å²) in [5.74, 6) is -0.185. The molecule has 4 rings (SSSR count). The fourth-order valence-electron chi connectivity index (χ4n) is 3.92. The second kappa shape index (κ2) is 10.6. The van der Waals surface area contributed by atoms with E-state index in [1.807, 2.05) is 23.6 Å². The highest BCUT2D eigenvalue weighted by Crippen LogP contribution is 2.38. The van der Waals surface area contributed by atoms with E-state index in [-0.39, 0.29) is 11.3 Å². The normalized spacial score (nSPS) is 14.8. The van der Waals surface area contributed by atoms with E-state index in [9.17, 15) is 19.7 Å². The Morgan fingerprint density at radius 2 is 1.92 bits per heavy atom. The van der Waals surface area contributed by atoms with Crippen LogP contribution >= 0.6 is 11.3 Å². The molecule has 1 aliphatic rings. The lowest BCUT2D eigenvalue weighted by Crippen LogP contribution is -2.31. The number of rotatable bonds is 8. The van der Waals surface area contributed by atoms with Gasteiger partial charge in [0.25, 0.3) is 11.6 Å². The summed E-state index contributed by atoms with van der Waals surface area (Å²) in [7, 11) is 3.08. The van der Waals surface area contributed by atoms with Crippen LogP contribution in [0.2, 0.25) is 0 Å². The molecule has 0 saturated heterocycles. The molecule has 1 amide bonds. The second-order valence-corrected chi connectivity index (χ2v) is 8.88. The molecule has 1 aromatic heterocycles. The summed E-state index contributed by atoms with van der Waals surface area (Å²) >= 11 is 1.52. The molecule has 0 unspecified atom stereocenters. The summed E-state index contributed by atoms with van der Waals surface area (Å²) < 4.78 is 16.0. The number of esters is 1. The lowest BCUT2D eigenvalue weighted by Gasteiger charge is -2.22. The number of nitro benzene ring substituents is 1. The molecule has 0 fully saturated rings. The first-order valence-corrected chi connectivity index (χ1v) is 11.8. The molecule has 36 heavy (non-hydrogen) atoms. The van der Waals surface area contributed by atoms with Gasteiger partial charge < -0.3 is 14.2 Å². The van der Waals surface area contributed by atoms with Crippen LogP contribution in [0.5, 0.6) is 11.5 Å². The van der Waals surface area contributed by atoms with Crippen LogP contribution in [-0.4, -0.2) is 48.3 Å². The molecular weight excluding hydrogens is 486 g/mol. The fraction of sp³-hybridized carbons (Fsp3) is 0.240. The maximum atomic E-state index is 13.2. The Hall–Kier alpha value is -4.25. The smallest absolute Gasteiger partial charge is 0.338 e. The molecule has 1 aliphatic heterocycles. The minimum atomic E-state index is -0.759. The molecule has 0 bridgehead atoms. The van der Waals surface area contributed by atoms with Crippen molar-refractivity contribution in [3.8, 4) is 11.5 Å². The van der Waals surface area contributed by atoms with Gasteiger partial charge in [0, 0.05) is 18.1 Å². The maximum Gasteiger partial charge on any atom is 0.338 e. The predicted molar refractivity (Wildman–Crippen MR) is 133 cm³/mol. The molecule has 2 heterocycles. The number of nitrogens with zero attached hydrogens (tertiary/aromatic N) is 3. The molecule has 10 nitrogen and oxygen atoms in total. The lowest BCUT2D eigenvalue weighted by molar-refractivity contribution is -0.385. The number of amides is 1. The molecule has 11 heteroatoms. The highest BCUT2D eigenvalue weighted by atomic mass is 32.1. The van der Waals surface area contributed by atoms with Crippen molar-refractivity contribution in [2.24, 2.45) is 5.10 Å². The first-order valence-electron chi connectivity index (χ1n) is 10.9. The quantitative estimate of drug-likeness (QED) is 0.249. The summed E-state index contributed by atoms with van der Waals surface area (Å²) in [6.07, 6.45) is 0.469. The number of hydrogen-bond acceptors (Lipinski definition) is 9. The van der Waals surface area contributed by atoms with E-state index in [2.05, 4.69) is 5.10 Å². The second-order valence-electron chi connectivity index (χ2n) is 7.93. The van der Waals surface area contributed by atoms with Crippen molar-refractivity contribution >= 4 is 34.6 Å². The zero-order valence-electron chi connectivity index (χ0n) is 19.8. The third-order valence-electron chi connectivity index (χ3n) is 5.72. The van der Waals surface area contributed by atoms with Crippen LogP contribution in [0.15, 0.2) is 59.0 Å². The van der Waals surface area contributed by atoms with Gasteiger partial charge in [-0.3, -0.25) is 14.9 Å². The van der Waals surface area contributed by atoms with E-state index in [0.717, 1.165) is 16.2 Å². The van der Waals surface area contributed by atoms with Gasteiger partial charge in [-0.1, -0.05) is 12.1 Å². The number of benzene rings is 2. The number of carbonyl (C=O) groups is 2. The Morgan fingerprint density at radius 1 is 1.14 bits per heavy atom. The number of carbonyl (C=O) groups excluding carboxylic acids is 2. The van der Waals surface area contributed by atoms with E-state index in [4.69, 9.17) is 14.2 Å². The maximum absolute atomic E-state index is 13.2. The highest BCUT2D eigenvalue weighted by Gasteiger charge is 2.34. The van der Waals surface area contributed by atoms with Crippen LogP contribution in [0, 0.1) is 17.0 Å². The van der Waals surface area contributed by atoms with Crippen LogP contribution in [-0.2, 0) is 9.53 Å². The Labute approximate surface area is 210 Å². The van der Waals surface area contributed by atoms with Gasteiger partial charge in [0.2, 0.25) is 0 Å². The molecule has 0 aliphatic carbocycles. The van der Waals surface area contributed by atoms with Crippen molar-refractivity contribution < 1.29 is 28.7 Å². The van der Waals surface area contributed by atoms with E-state index in [0.29, 0.717) is 23.5 Å². The van der Waals surface area contributed by atoms with Crippen molar-refractivity contribution in [3.63, 3.8) is 0 Å². The minimum Gasteiger partial charge on any atom is -0.493 e. The number of aryl methyl sites for hydroxylation is 1. The van der Waals surface area contributed by atoms with Gasteiger partial charge in [0.05, 0.1) is 41.3 Å². The fourth-order valence-corrected chi connectivity index (χ4v) is 4.64. The van der Waals surface area contributed by atoms with E-state index >= 15 is 0 Å². The molecule has 1 atom stereocenters. The molecule has 0 saturated carbocycles. The van der Waals surface area contributed by atoms with Crippen LogP contribution in [0.25, 0.3) is 0 Å². The zero-order chi connectivity index (χ0) is 25.8. The van der Waals surface area contributed by atoms with Gasteiger partial charge in [-0.05, 0) is 48.2 Å². The molecular formula is C25H23N3O7S. The summed E-state index contributed by atoms with van der Waals surface area (Å²) in [6.45, 7) is 0.985. The first kappa shape index (κ1) is 24.9. The van der Waals surface area contributed by atoms with Crippen LogP contribution in [0.3, 0.4) is 0 Å². The van der Waals surface area contributed by atoms with E-state index in [1.165, 1.54) is 48.6 Å². The van der Waals surface area contributed by atoms with Crippen molar-refractivity contribution in [1.82, 2.24) is 5.01 Å². The average Bonchev–Trinajstić information content (AvgIpc) is 3.56. The molecule has 0 radical (unpaired) electrons. The van der Waals surface area contributed by atoms with Crippen molar-refractivity contribution in [2.45, 2.75) is 19.4 Å². The molecule has 3 aromatic rings. The van der Waals surface area contributed by atoms with Gasteiger partial charge in [-0.15, -0.1) is 11.3 Å². The molecule has 0 N–H and O–H groups in total. The molecule has 0 spiro atoms. The minimum absolute atomic E-state index is 0.104. The third kappa shape index (κ3) is 5.05. The Bertz CT molecular complexity index is 1340. The number of thiophene rings is 1. The van der Waals surface area contributed by atoms with Gasteiger partial charge >= 0.3 is 5.97 Å². The summed E-state index contributed by atoms with van der Waals surface area (Å²) in [4.78, 5) is 37.1. The van der Waals surface area contributed by atoms with Crippen LogP contribution < -0.4 is 9.47 Å².